The fourth-order valence-electron chi connectivity index (χ4n) is 2.10. The summed E-state index contributed by atoms with van der Waals surface area (Å²) in [5.41, 5.74) is 0.230. The summed E-state index contributed by atoms with van der Waals surface area (Å²) in [6.45, 7) is 4.52. The zero-order chi connectivity index (χ0) is 16.0. The highest BCUT2D eigenvalue weighted by atomic mass is 35.5. The molecule has 2 unspecified atom stereocenters. The lowest BCUT2D eigenvalue weighted by Gasteiger charge is -2.12. The molecule has 21 heavy (non-hydrogen) atoms. The van der Waals surface area contributed by atoms with Crippen LogP contribution in [-0.2, 0) is 4.79 Å². The van der Waals surface area contributed by atoms with Crippen molar-refractivity contribution in [1.82, 2.24) is 9.88 Å². The van der Waals surface area contributed by atoms with E-state index in [4.69, 9.17) is 16.9 Å². The maximum atomic E-state index is 12.1. The number of amides is 1. The predicted molar refractivity (Wildman–Crippen MR) is 81.0 cm³/mol. The molecule has 0 saturated carbocycles. The van der Waals surface area contributed by atoms with Crippen LogP contribution in [0.5, 0.6) is 5.75 Å². The molecule has 0 spiro atoms. The van der Waals surface area contributed by atoms with Crippen LogP contribution in [0.1, 0.15) is 20.3 Å². The number of anilines is 1. The van der Waals surface area contributed by atoms with E-state index >= 15 is 0 Å². The molecule has 0 aliphatic carbocycles. The number of aromatic hydroxyl groups is 1. The predicted octanol–water partition coefficient (Wildman–Crippen LogP) is 2.25. The van der Waals surface area contributed by atoms with Gasteiger partial charge in [-0.2, -0.15) is 5.26 Å². The van der Waals surface area contributed by atoms with Crippen LogP contribution in [0.4, 0.5) is 5.69 Å². The van der Waals surface area contributed by atoms with Crippen molar-refractivity contribution >= 4 is 23.2 Å². The fourth-order valence-corrected chi connectivity index (χ4v) is 2.26. The minimum atomic E-state index is -0.277. The number of rotatable bonds is 2. The molecule has 0 aromatic carbocycles. The summed E-state index contributed by atoms with van der Waals surface area (Å²) in [5, 5.41) is 21.1. The molecular weight excluding hydrogens is 292 g/mol. The Morgan fingerprint density at radius 2 is 2.29 bits per heavy atom. The van der Waals surface area contributed by atoms with E-state index in [1.807, 2.05) is 25.8 Å². The summed E-state index contributed by atoms with van der Waals surface area (Å²) in [6.07, 6.45) is 1.88. The van der Waals surface area contributed by atoms with Crippen LogP contribution in [0, 0.1) is 17.2 Å². The molecule has 2 atom stereocenters. The summed E-state index contributed by atoms with van der Waals surface area (Å²) in [7, 11) is 1.81. The molecule has 0 radical (unpaired) electrons. The minimum absolute atomic E-state index is 0.0590. The number of pyridine rings is 1. The summed E-state index contributed by atoms with van der Waals surface area (Å²) in [6, 6.07) is 3.38. The summed E-state index contributed by atoms with van der Waals surface area (Å²) < 4.78 is 0. The van der Waals surface area contributed by atoms with Gasteiger partial charge in [0.15, 0.2) is 10.9 Å². The van der Waals surface area contributed by atoms with E-state index in [1.54, 1.807) is 0 Å². The van der Waals surface area contributed by atoms with Crippen molar-refractivity contribution < 1.29 is 9.90 Å². The molecule has 1 aromatic heterocycles. The fraction of sp³-hybridized carbons (Fsp3) is 0.500. The molecule has 1 fully saturated rings. The Kier molecular flexibility index (Phi) is 6.40. The van der Waals surface area contributed by atoms with Crippen LogP contribution >= 0.6 is 11.6 Å². The zero-order valence-corrected chi connectivity index (χ0v) is 13.1. The number of hydrogen-bond acceptors (Lipinski definition) is 5. The summed E-state index contributed by atoms with van der Waals surface area (Å²) in [5.74, 6) is -0.760. The molecule has 1 aliphatic rings. The highest BCUT2D eigenvalue weighted by Gasteiger charge is 2.34. The van der Waals surface area contributed by atoms with Gasteiger partial charge >= 0.3 is 0 Å². The standard InChI is InChI=1S/C12H13ClN4O2.C2H6/c1-17-6-7(4-8(17)5-14)12(19)16-9-2-3-15-11(13)10(9)18;1-2/h2-3,7-8,18H,4,6H2,1H3,(H,15,16,19);1-2H3. The van der Waals surface area contributed by atoms with Crippen LogP contribution < -0.4 is 5.32 Å². The van der Waals surface area contributed by atoms with Gasteiger partial charge in [0.1, 0.15) is 0 Å². The minimum Gasteiger partial charge on any atom is -0.503 e. The molecule has 1 aromatic rings. The van der Waals surface area contributed by atoms with Gasteiger partial charge in [-0.05, 0) is 19.5 Å². The normalized spacial score (nSPS) is 21.1. The van der Waals surface area contributed by atoms with Crippen molar-refractivity contribution in [2.75, 3.05) is 18.9 Å². The van der Waals surface area contributed by atoms with Crippen LogP contribution in [0.25, 0.3) is 0 Å². The van der Waals surface area contributed by atoms with Gasteiger partial charge in [0.05, 0.1) is 23.7 Å². The molecule has 0 bridgehead atoms. The molecule has 1 amide bonds. The highest BCUT2D eigenvalue weighted by molar-refractivity contribution is 6.31. The third-order valence-electron chi connectivity index (χ3n) is 3.21. The molecule has 6 nitrogen and oxygen atoms in total. The number of likely N-dealkylation sites (tertiary alicyclic amines) is 1. The Bertz CT molecular complexity index is 544. The lowest BCUT2D eigenvalue weighted by atomic mass is 10.1. The monoisotopic (exact) mass is 310 g/mol. The van der Waals surface area contributed by atoms with E-state index in [0.29, 0.717) is 13.0 Å². The number of nitrogens with one attached hydrogen (secondary N) is 1. The maximum Gasteiger partial charge on any atom is 0.228 e. The van der Waals surface area contributed by atoms with Gasteiger partial charge in [-0.15, -0.1) is 0 Å². The Morgan fingerprint density at radius 1 is 1.62 bits per heavy atom. The number of carbonyl (C=O) groups is 1. The van der Waals surface area contributed by atoms with Gasteiger partial charge in [-0.25, -0.2) is 4.98 Å². The molecule has 2 heterocycles. The summed E-state index contributed by atoms with van der Waals surface area (Å²) in [4.78, 5) is 17.6. The van der Waals surface area contributed by atoms with Gasteiger partial charge in [0, 0.05) is 12.7 Å². The maximum absolute atomic E-state index is 12.1. The van der Waals surface area contributed by atoms with E-state index < -0.39 is 0 Å². The third-order valence-corrected chi connectivity index (χ3v) is 3.48. The smallest absolute Gasteiger partial charge is 0.228 e. The average molecular weight is 311 g/mol. The van der Waals surface area contributed by atoms with Crippen LogP contribution in [0.3, 0.4) is 0 Å². The number of carbonyl (C=O) groups excluding carboxylic acids is 1. The van der Waals surface area contributed by atoms with Gasteiger partial charge in [0.25, 0.3) is 0 Å². The van der Waals surface area contributed by atoms with Gasteiger partial charge in [0.2, 0.25) is 5.91 Å². The third kappa shape index (κ3) is 4.06. The van der Waals surface area contributed by atoms with Crippen molar-refractivity contribution in [1.29, 1.82) is 5.26 Å². The molecule has 1 saturated heterocycles. The lowest BCUT2D eigenvalue weighted by molar-refractivity contribution is -0.119. The Hall–Kier alpha value is -1.84. The van der Waals surface area contributed by atoms with Crippen molar-refractivity contribution in [2.45, 2.75) is 26.3 Å². The van der Waals surface area contributed by atoms with Crippen molar-refractivity contribution in [3.63, 3.8) is 0 Å². The van der Waals surface area contributed by atoms with E-state index in [9.17, 15) is 9.90 Å². The van der Waals surface area contributed by atoms with E-state index in [-0.39, 0.29) is 34.5 Å². The largest absolute Gasteiger partial charge is 0.503 e. The van der Waals surface area contributed by atoms with Gasteiger partial charge < -0.3 is 10.4 Å². The molecule has 2 rings (SSSR count). The first-order valence-electron chi connectivity index (χ1n) is 6.77. The van der Waals surface area contributed by atoms with E-state index in [0.717, 1.165) is 0 Å². The quantitative estimate of drug-likeness (QED) is 0.818. The second kappa shape index (κ2) is 7.81. The first-order valence-corrected chi connectivity index (χ1v) is 7.15. The number of aromatic nitrogens is 1. The first-order chi connectivity index (χ1) is 10.0. The number of nitrogens with zero attached hydrogens (tertiary/aromatic N) is 3. The molecule has 114 valence electrons. The SMILES string of the molecule is CC.CN1CC(C(=O)Nc2ccnc(Cl)c2O)CC1C#N. The highest BCUT2D eigenvalue weighted by Crippen LogP contribution is 2.30. The molecule has 1 aliphatic heterocycles. The molecular formula is C14H19ClN4O2. The van der Waals surface area contributed by atoms with Crippen molar-refractivity contribution in [2.24, 2.45) is 5.92 Å². The van der Waals surface area contributed by atoms with Crippen LogP contribution in [0.2, 0.25) is 5.15 Å². The van der Waals surface area contributed by atoms with Crippen molar-refractivity contribution in [3.05, 3.63) is 17.4 Å². The first kappa shape index (κ1) is 17.2. The average Bonchev–Trinajstić information content (AvgIpc) is 2.87. The van der Waals surface area contributed by atoms with Crippen molar-refractivity contribution in [3.8, 4) is 11.8 Å². The van der Waals surface area contributed by atoms with Gasteiger partial charge in [-0.3, -0.25) is 9.69 Å². The lowest BCUT2D eigenvalue weighted by Crippen LogP contribution is -2.26. The molecule has 7 heteroatoms. The van der Waals surface area contributed by atoms with Crippen LogP contribution in [0.15, 0.2) is 12.3 Å². The van der Waals surface area contributed by atoms with Crippen LogP contribution in [-0.4, -0.2) is 40.5 Å². The number of hydrogen-bond donors (Lipinski definition) is 2. The summed E-state index contributed by atoms with van der Waals surface area (Å²) >= 11 is 5.66. The van der Waals surface area contributed by atoms with E-state index in [2.05, 4.69) is 16.4 Å². The molecule has 2 N–H and O–H groups in total. The Morgan fingerprint density at radius 3 is 2.86 bits per heavy atom. The Balaban J connectivity index is 0.00000106. The number of nitriles is 1. The topological polar surface area (TPSA) is 89.2 Å². The van der Waals surface area contributed by atoms with E-state index in [1.165, 1.54) is 12.3 Å². The second-order valence-corrected chi connectivity index (χ2v) is 4.86. The number of halogens is 1. The second-order valence-electron chi connectivity index (χ2n) is 4.50. The Labute approximate surface area is 129 Å². The van der Waals surface area contributed by atoms with Gasteiger partial charge in [-0.1, -0.05) is 25.4 Å². The zero-order valence-electron chi connectivity index (χ0n) is 12.3.